The van der Waals surface area contributed by atoms with Gasteiger partial charge in [0.2, 0.25) is 0 Å². The van der Waals surface area contributed by atoms with Crippen molar-refractivity contribution in [1.82, 2.24) is 9.97 Å². The molecule has 0 unspecified atom stereocenters. The average molecular weight is 247 g/mol. The van der Waals surface area contributed by atoms with E-state index in [0.717, 1.165) is 17.9 Å². The molecule has 3 nitrogen and oxygen atoms in total. The van der Waals surface area contributed by atoms with Crippen LogP contribution in [-0.4, -0.2) is 16.5 Å². The zero-order valence-corrected chi connectivity index (χ0v) is 10.9. The molecule has 1 N–H and O–H groups in total. The maximum atomic E-state index is 4.36. The molecule has 0 bridgehead atoms. The summed E-state index contributed by atoms with van der Waals surface area (Å²) in [7, 11) is 0. The van der Waals surface area contributed by atoms with Gasteiger partial charge in [0.25, 0.3) is 0 Å². The molecular formula is C13H17N3S. The van der Waals surface area contributed by atoms with Crippen molar-refractivity contribution >= 4 is 27.4 Å². The smallest absolute Gasteiger partial charge is 0.147 e. The van der Waals surface area contributed by atoms with Crippen LogP contribution in [0.15, 0.2) is 17.8 Å². The molecule has 0 atom stereocenters. The molecule has 0 spiro atoms. The summed E-state index contributed by atoms with van der Waals surface area (Å²) >= 11 is 1.71. The number of nitrogens with zero attached hydrogens (tertiary/aromatic N) is 2. The number of aromatic nitrogens is 2. The summed E-state index contributed by atoms with van der Waals surface area (Å²) in [4.78, 5) is 8.62. The van der Waals surface area contributed by atoms with Crippen LogP contribution in [-0.2, 0) is 0 Å². The molecule has 0 amide bonds. The Bertz CT molecular complexity index is 514. The van der Waals surface area contributed by atoms with Crippen molar-refractivity contribution < 1.29 is 0 Å². The zero-order valence-electron chi connectivity index (χ0n) is 10.1. The lowest BCUT2D eigenvalue weighted by Gasteiger charge is -2.24. The lowest BCUT2D eigenvalue weighted by molar-refractivity contribution is 0.362. The highest BCUT2D eigenvalue weighted by Gasteiger charge is 2.28. The van der Waals surface area contributed by atoms with E-state index < -0.39 is 0 Å². The number of nitrogens with one attached hydrogen (secondary N) is 1. The summed E-state index contributed by atoms with van der Waals surface area (Å²) < 4.78 is 1.18. The van der Waals surface area contributed by atoms with Gasteiger partial charge >= 0.3 is 0 Å². The Labute approximate surface area is 105 Å². The molecule has 2 aromatic rings. The van der Waals surface area contributed by atoms with Gasteiger partial charge in [0.1, 0.15) is 12.1 Å². The Morgan fingerprint density at radius 3 is 3.00 bits per heavy atom. The normalized spacial score (nSPS) is 18.6. The number of thiophene rings is 1. The number of rotatable bonds is 3. The minimum absolute atomic E-state index is 0.453. The highest BCUT2D eigenvalue weighted by molar-refractivity contribution is 7.17. The highest BCUT2D eigenvalue weighted by atomic mass is 32.1. The average Bonchev–Trinajstić information content (AvgIpc) is 2.95. The predicted molar refractivity (Wildman–Crippen MR) is 72.5 cm³/mol. The topological polar surface area (TPSA) is 37.8 Å². The van der Waals surface area contributed by atoms with Gasteiger partial charge in [-0.1, -0.05) is 19.8 Å². The van der Waals surface area contributed by atoms with Gasteiger partial charge in [-0.3, -0.25) is 0 Å². The lowest BCUT2D eigenvalue weighted by Crippen LogP contribution is -2.23. The fourth-order valence-corrected chi connectivity index (χ4v) is 3.43. The Morgan fingerprint density at radius 2 is 2.18 bits per heavy atom. The first kappa shape index (κ1) is 11.0. The van der Waals surface area contributed by atoms with Gasteiger partial charge in [-0.05, 0) is 29.7 Å². The van der Waals surface area contributed by atoms with E-state index in [4.69, 9.17) is 0 Å². The van der Waals surface area contributed by atoms with E-state index >= 15 is 0 Å². The van der Waals surface area contributed by atoms with Gasteiger partial charge in [0.05, 0.1) is 10.2 Å². The Kier molecular flexibility index (Phi) is 2.74. The first-order valence-corrected chi connectivity index (χ1v) is 7.07. The summed E-state index contributed by atoms with van der Waals surface area (Å²) in [5, 5.41) is 5.59. The predicted octanol–water partition coefficient (Wildman–Crippen LogP) is 3.68. The molecule has 0 aliphatic heterocycles. The van der Waals surface area contributed by atoms with Crippen molar-refractivity contribution in [2.75, 3.05) is 11.9 Å². The Balaban J connectivity index is 1.78. The van der Waals surface area contributed by atoms with Crippen LogP contribution >= 0.6 is 11.3 Å². The Hall–Kier alpha value is -1.16. The first-order valence-electron chi connectivity index (χ1n) is 6.19. The van der Waals surface area contributed by atoms with Gasteiger partial charge < -0.3 is 5.32 Å². The van der Waals surface area contributed by atoms with Crippen LogP contribution in [0.4, 0.5) is 5.82 Å². The molecule has 1 aliphatic carbocycles. The van der Waals surface area contributed by atoms with Gasteiger partial charge in [-0.2, -0.15) is 0 Å². The standard InChI is InChI=1S/C13H17N3S/c1-13(5-2-3-6-13)8-14-12-11-10(4-7-17-11)15-9-16-12/h4,7,9H,2-3,5-6,8H2,1H3,(H,14,15,16). The Morgan fingerprint density at radius 1 is 1.35 bits per heavy atom. The molecule has 0 saturated heterocycles. The molecule has 2 heterocycles. The second-order valence-electron chi connectivity index (χ2n) is 5.23. The van der Waals surface area contributed by atoms with E-state index in [0.29, 0.717) is 5.41 Å². The summed E-state index contributed by atoms with van der Waals surface area (Å²) in [6, 6.07) is 2.05. The maximum absolute atomic E-state index is 4.36. The van der Waals surface area contributed by atoms with E-state index in [2.05, 4.69) is 27.6 Å². The monoisotopic (exact) mass is 247 g/mol. The fraction of sp³-hybridized carbons (Fsp3) is 0.538. The minimum atomic E-state index is 0.453. The number of hydrogen-bond donors (Lipinski definition) is 1. The molecule has 17 heavy (non-hydrogen) atoms. The quantitative estimate of drug-likeness (QED) is 0.899. The van der Waals surface area contributed by atoms with Crippen molar-refractivity contribution in [2.45, 2.75) is 32.6 Å². The van der Waals surface area contributed by atoms with Crippen LogP contribution in [0.25, 0.3) is 10.2 Å². The van der Waals surface area contributed by atoms with E-state index in [9.17, 15) is 0 Å². The SMILES string of the molecule is CC1(CNc2ncnc3ccsc23)CCCC1. The van der Waals surface area contributed by atoms with Gasteiger partial charge in [-0.25, -0.2) is 9.97 Å². The van der Waals surface area contributed by atoms with Crippen LogP contribution < -0.4 is 5.32 Å². The largest absolute Gasteiger partial charge is 0.368 e. The van der Waals surface area contributed by atoms with Crippen LogP contribution in [0.3, 0.4) is 0 Å². The second kappa shape index (κ2) is 4.26. The molecule has 2 aromatic heterocycles. The van der Waals surface area contributed by atoms with E-state index in [1.54, 1.807) is 17.7 Å². The van der Waals surface area contributed by atoms with Crippen LogP contribution in [0.5, 0.6) is 0 Å². The summed E-state index contributed by atoms with van der Waals surface area (Å²) in [6.45, 7) is 3.40. The second-order valence-corrected chi connectivity index (χ2v) is 6.14. The third kappa shape index (κ3) is 2.14. The molecule has 1 aliphatic rings. The molecule has 1 saturated carbocycles. The molecule has 90 valence electrons. The molecule has 4 heteroatoms. The fourth-order valence-electron chi connectivity index (χ4n) is 2.62. The summed E-state index contributed by atoms with van der Waals surface area (Å²) in [5.41, 5.74) is 1.50. The molecule has 1 fully saturated rings. The number of anilines is 1. The summed E-state index contributed by atoms with van der Waals surface area (Å²) in [6.07, 6.45) is 7.05. The maximum Gasteiger partial charge on any atom is 0.147 e. The zero-order chi connectivity index (χ0) is 11.7. The highest BCUT2D eigenvalue weighted by Crippen LogP contribution is 2.37. The van der Waals surface area contributed by atoms with Crippen LogP contribution in [0.1, 0.15) is 32.6 Å². The molecule has 0 aromatic carbocycles. The minimum Gasteiger partial charge on any atom is -0.368 e. The van der Waals surface area contributed by atoms with Crippen molar-refractivity contribution in [3.8, 4) is 0 Å². The van der Waals surface area contributed by atoms with E-state index in [-0.39, 0.29) is 0 Å². The first-order chi connectivity index (χ1) is 8.27. The molecular weight excluding hydrogens is 230 g/mol. The number of hydrogen-bond acceptors (Lipinski definition) is 4. The van der Waals surface area contributed by atoms with Crippen LogP contribution in [0, 0.1) is 5.41 Å². The van der Waals surface area contributed by atoms with Gasteiger partial charge in [0, 0.05) is 6.54 Å². The molecule has 0 radical (unpaired) electrons. The third-order valence-corrected chi connectivity index (χ3v) is 4.65. The molecule has 3 rings (SSSR count). The summed E-state index contributed by atoms with van der Waals surface area (Å²) in [5.74, 6) is 0.998. The van der Waals surface area contributed by atoms with Gasteiger partial charge in [0.15, 0.2) is 0 Å². The van der Waals surface area contributed by atoms with E-state index in [1.165, 1.54) is 30.4 Å². The van der Waals surface area contributed by atoms with Gasteiger partial charge in [-0.15, -0.1) is 11.3 Å². The lowest BCUT2D eigenvalue weighted by atomic mass is 9.89. The number of fused-ring (bicyclic) bond motifs is 1. The van der Waals surface area contributed by atoms with E-state index in [1.807, 2.05) is 6.07 Å². The van der Waals surface area contributed by atoms with Crippen molar-refractivity contribution in [1.29, 1.82) is 0 Å². The van der Waals surface area contributed by atoms with Crippen molar-refractivity contribution in [3.05, 3.63) is 17.8 Å². The third-order valence-electron chi connectivity index (χ3n) is 3.74. The van der Waals surface area contributed by atoms with Crippen molar-refractivity contribution in [3.63, 3.8) is 0 Å². The van der Waals surface area contributed by atoms with Crippen LogP contribution in [0.2, 0.25) is 0 Å². The van der Waals surface area contributed by atoms with Crippen molar-refractivity contribution in [2.24, 2.45) is 5.41 Å².